The van der Waals surface area contributed by atoms with Gasteiger partial charge in [-0.15, -0.1) is 0 Å². The molecule has 2 N–H and O–H groups in total. The summed E-state index contributed by atoms with van der Waals surface area (Å²) in [6.07, 6.45) is 8.18. The largest absolute Gasteiger partial charge is 0.327 e. The van der Waals surface area contributed by atoms with Gasteiger partial charge in [-0.25, -0.2) is 0 Å². The van der Waals surface area contributed by atoms with Crippen molar-refractivity contribution >= 4 is 11.8 Å². The van der Waals surface area contributed by atoms with Gasteiger partial charge in [0.1, 0.15) is 0 Å². The summed E-state index contributed by atoms with van der Waals surface area (Å²) < 4.78 is 0. The molecule has 78 valence electrons. The van der Waals surface area contributed by atoms with Crippen LogP contribution < -0.4 is 5.73 Å². The van der Waals surface area contributed by atoms with E-state index in [1.807, 2.05) is 0 Å². The van der Waals surface area contributed by atoms with Crippen molar-refractivity contribution in [1.29, 1.82) is 0 Å². The topological polar surface area (TPSA) is 26.0 Å². The number of rotatable bonds is 5. The normalized spacial score (nSPS) is 29.1. The Hall–Kier alpha value is 0.310. The zero-order valence-corrected chi connectivity index (χ0v) is 9.61. The minimum absolute atomic E-state index is 0.514. The first-order valence-corrected chi connectivity index (χ1v) is 6.83. The van der Waals surface area contributed by atoms with Gasteiger partial charge in [-0.3, -0.25) is 0 Å². The predicted molar refractivity (Wildman–Crippen MR) is 62.2 cm³/mol. The molecule has 1 saturated carbocycles. The quantitative estimate of drug-likeness (QED) is 0.692. The van der Waals surface area contributed by atoms with E-state index in [9.17, 15) is 0 Å². The molecule has 1 aliphatic carbocycles. The second-order valence-electron chi connectivity index (χ2n) is 4.05. The van der Waals surface area contributed by atoms with Crippen LogP contribution in [0.25, 0.3) is 0 Å². The first-order valence-electron chi connectivity index (χ1n) is 5.68. The van der Waals surface area contributed by atoms with Crippen LogP contribution in [0, 0.1) is 5.92 Å². The molecule has 2 heteroatoms. The van der Waals surface area contributed by atoms with Gasteiger partial charge in [-0.1, -0.05) is 19.8 Å². The third-order valence-corrected chi connectivity index (χ3v) is 4.02. The van der Waals surface area contributed by atoms with E-state index in [2.05, 4.69) is 18.7 Å². The number of thioether (sulfide) groups is 1. The number of hydrogen-bond donors (Lipinski definition) is 1. The summed E-state index contributed by atoms with van der Waals surface area (Å²) >= 11 is 2.06. The van der Waals surface area contributed by atoms with Gasteiger partial charge < -0.3 is 5.73 Å². The van der Waals surface area contributed by atoms with Gasteiger partial charge in [0.25, 0.3) is 0 Å². The minimum Gasteiger partial charge on any atom is -0.327 e. The maximum Gasteiger partial charge on any atom is 0.00671 e. The van der Waals surface area contributed by atoms with E-state index in [1.54, 1.807) is 0 Å². The van der Waals surface area contributed by atoms with E-state index in [-0.39, 0.29) is 0 Å². The Morgan fingerprint density at radius 3 is 2.77 bits per heavy atom. The van der Waals surface area contributed by atoms with Gasteiger partial charge in [0.05, 0.1) is 0 Å². The molecule has 1 aliphatic rings. The standard InChI is InChI=1S/C11H23NS/c1-2-13-9-5-7-10-6-3-4-8-11(10)12/h10-11H,2-9,12H2,1H3. The van der Waals surface area contributed by atoms with Crippen LogP contribution in [-0.4, -0.2) is 17.5 Å². The molecular formula is C11H23NS. The Labute approximate surface area is 86.8 Å². The molecule has 0 heterocycles. The maximum atomic E-state index is 6.09. The molecule has 2 unspecified atom stereocenters. The highest BCUT2D eigenvalue weighted by Gasteiger charge is 2.20. The van der Waals surface area contributed by atoms with Crippen LogP contribution in [0.5, 0.6) is 0 Å². The molecular weight excluding hydrogens is 178 g/mol. The van der Waals surface area contributed by atoms with E-state index < -0.39 is 0 Å². The lowest BCUT2D eigenvalue weighted by Gasteiger charge is -2.28. The van der Waals surface area contributed by atoms with Gasteiger partial charge >= 0.3 is 0 Å². The molecule has 0 spiro atoms. The molecule has 0 radical (unpaired) electrons. The average Bonchev–Trinajstić information content (AvgIpc) is 2.15. The predicted octanol–water partition coefficient (Wildman–Crippen LogP) is 3.04. The summed E-state index contributed by atoms with van der Waals surface area (Å²) in [6, 6.07) is 0.514. The van der Waals surface area contributed by atoms with Crippen LogP contribution in [0.4, 0.5) is 0 Å². The Morgan fingerprint density at radius 2 is 2.08 bits per heavy atom. The zero-order chi connectivity index (χ0) is 9.52. The van der Waals surface area contributed by atoms with Crippen LogP contribution in [0.1, 0.15) is 45.4 Å². The number of nitrogens with two attached hydrogens (primary N) is 1. The second kappa shape index (κ2) is 6.72. The Balaban J connectivity index is 2.05. The van der Waals surface area contributed by atoms with Crippen molar-refractivity contribution in [1.82, 2.24) is 0 Å². The highest BCUT2D eigenvalue weighted by molar-refractivity contribution is 7.99. The van der Waals surface area contributed by atoms with Crippen molar-refractivity contribution < 1.29 is 0 Å². The summed E-state index contributed by atoms with van der Waals surface area (Å²) in [5, 5.41) is 0. The monoisotopic (exact) mass is 201 g/mol. The molecule has 1 nitrogen and oxygen atoms in total. The molecule has 0 aromatic rings. The Bertz CT molecular complexity index is 127. The molecule has 0 aliphatic heterocycles. The van der Waals surface area contributed by atoms with Crippen molar-refractivity contribution in [3.05, 3.63) is 0 Å². The van der Waals surface area contributed by atoms with Crippen LogP contribution in [0.15, 0.2) is 0 Å². The first kappa shape index (κ1) is 11.4. The molecule has 2 atom stereocenters. The highest BCUT2D eigenvalue weighted by Crippen LogP contribution is 2.27. The molecule has 1 rings (SSSR count). The first-order chi connectivity index (χ1) is 6.34. The summed E-state index contributed by atoms with van der Waals surface area (Å²) in [5.74, 6) is 3.43. The fourth-order valence-corrected chi connectivity index (χ4v) is 2.85. The molecule has 1 fully saturated rings. The summed E-state index contributed by atoms with van der Waals surface area (Å²) in [5.41, 5.74) is 6.09. The Kier molecular flexibility index (Phi) is 5.88. The lowest BCUT2D eigenvalue weighted by Crippen LogP contribution is -2.32. The summed E-state index contributed by atoms with van der Waals surface area (Å²) in [7, 11) is 0. The molecule has 0 saturated heterocycles. The van der Waals surface area contributed by atoms with Gasteiger partial charge in [0.15, 0.2) is 0 Å². The summed E-state index contributed by atoms with van der Waals surface area (Å²) in [6.45, 7) is 2.23. The highest BCUT2D eigenvalue weighted by atomic mass is 32.2. The van der Waals surface area contributed by atoms with E-state index >= 15 is 0 Å². The van der Waals surface area contributed by atoms with Crippen molar-refractivity contribution in [2.45, 2.75) is 51.5 Å². The van der Waals surface area contributed by atoms with E-state index in [4.69, 9.17) is 5.73 Å². The van der Waals surface area contributed by atoms with E-state index in [0.717, 1.165) is 5.92 Å². The smallest absolute Gasteiger partial charge is 0.00671 e. The maximum absolute atomic E-state index is 6.09. The minimum atomic E-state index is 0.514. The Morgan fingerprint density at radius 1 is 1.31 bits per heavy atom. The SMILES string of the molecule is CCSCCCC1CCCCC1N. The van der Waals surface area contributed by atoms with Crippen LogP contribution in [-0.2, 0) is 0 Å². The van der Waals surface area contributed by atoms with Crippen molar-refractivity contribution in [3.63, 3.8) is 0 Å². The van der Waals surface area contributed by atoms with Gasteiger partial charge in [0, 0.05) is 6.04 Å². The molecule has 0 aromatic carbocycles. The molecule has 0 aromatic heterocycles. The molecule has 13 heavy (non-hydrogen) atoms. The average molecular weight is 201 g/mol. The second-order valence-corrected chi connectivity index (χ2v) is 5.44. The van der Waals surface area contributed by atoms with Crippen LogP contribution in [0.2, 0.25) is 0 Å². The molecule has 0 bridgehead atoms. The lowest BCUT2D eigenvalue weighted by molar-refractivity contribution is 0.290. The third kappa shape index (κ3) is 4.37. The zero-order valence-electron chi connectivity index (χ0n) is 8.80. The summed E-state index contributed by atoms with van der Waals surface area (Å²) in [4.78, 5) is 0. The third-order valence-electron chi connectivity index (χ3n) is 3.04. The van der Waals surface area contributed by atoms with E-state index in [1.165, 1.54) is 50.0 Å². The van der Waals surface area contributed by atoms with Crippen molar-refractivity contribution in [3.8, 4) is 0 Å². The van der Waals surface area contributed by atoms with Crippen molar-refractivity contribution in [2.24, 2.45) is 11.7 Å². The van der Waals surface area contributed by atoms with Gasteiger partial charge in [-0.2, -0.15) is 11.8 Å². The van der Waals surface area contributed by atoms with Gasteiger partial charge in [-0.05, 0) is 43.1 Å². The van der Waals surface area contributed by atoms with Crippen LogP contribution >= 0.6 is 11.8 Å². The fraction of sp³-hybridized carbons (Fsp3) is 1.00. The van der Waals surface area contributed by atoms with E-state index in [0.29, 0.717) is 6.04 Å². The lowest BCUT2D eigenvalue weighted by atomic mass is 9.82. The van der Waals surface area contributed by atoms with Crippen LogP contribution in [0.3, 0.4) is 0 Å². The number of hydrogen-bond acceptors (Lipinski definition) is 2. The fourth-order valence-electron chi connectivity index (χ4n) is 2.19. The van der Waals surface area contributed by atoms with Crippen molar-refractivity contribution in [2.75, 3.05) is 11.5 Å². The molecule has 0 amide bonds. The van der Waals surface area contributed by atoms with Gasteiger partial charge in [0.2, 0.25) is 0 Å².